The van der Waals surface area contributed by atoms with E-state index < -0.39 is 5.60 Å². The van der Waals surface area contributed by atoms with E-state index in [1.165, 1.54) is 0 Å². The molecule has 0 aliphatic heterocycles. The van der Waals surface area contributed by atoms with E-state index in [0.29, 0.717) is 30.5 Å². The fourth-order valence-electron chi connectivity index (χ4n) is 2.50. The number of guanidine groups is 1. The minimum absolute atomic E-state index is 0. The van der Waals surface area contributed by atoms with E-state index in [2.05, 4.69) is 15.6 Å². The maximum atomic E-state index is 10.2. The number of hydrogen-bond donors (Lipinski definition) is 3. The van der Waals surface area contributed by atoms with Gasteiger partial charge in [-0.25, -0.2) is 4.99 Å². The highest BCUT2D eigenvalue weighted by Gasteiger charge is 2.34. The Labute approximate surface area is 161 Å². The Morgan fingerprint density at radius 3 is 2.46 bits per heavy atom. The number of hydrogen-bond acceptors (Lipinski definition) is 4. The van der Waals surface area contributed by atoms with Crippen molar-refractivity contribution in [2.24, 2.45) is 4.99 Å². The zero-order valence-corrected chi connectivity index (χ0v) is 16.9. The fraction of sp³-hybridized carbons (Fsp3) is 0.588. The third-order valence-corrected chi connectivity index (χ3v) is 4.08. The van der Waals surface area contributed by atoms with Crippen LogP contribution in [0.1, 0.15) is 31.7 Å². The molecule has 0 radical (unpaired) electrons. The van der Waals surface area contributed by atoms with Crippen molar-refractivity contribution < 1.29 is 14.6 Å². The maximum Gasteiger partial charge on any atom is 0.191 e. The van der Waals surface area contributed by atoms with Crippen LogP contribution in [0.25, 0.3) is 0 Å². The van der Waals surface area contributed by atoms with Gasteiger partial charge in [-0.3, -0.25) is 0 Å². The molecule has 0 saturated heterocycles. The quantitative estimate of drug-likeness (QED) is 0.339. The van der Waals surface area contributed by atoms with Crippen molar-refractivity contribution >= 4 is 29.9 Å². The number of nitrogens with one attached hydrogen (secondary N) is 2. The lowest BCUT2D eigenvalue weighted by Crippen LogP contribution is -2.50. The zero-order chi connectivity index (χ0) is 16.7. The summed E-state index contributed by atoms with van der Waals surface area (Å²) in [5.74, 6) is 2.11. The molecule has 1 saturated carbocycles. The summed E-state index contributed by atoms with van der Waals surface area (Å²) in [5.41, 5.74) is 0.460. The van der Waals surface area contributed by atoms with Gasteiger partial charge in [-0.15, -0.1) is 24.0 Å². The van der Waals surface area contributed by atoms with Crippen molar-refractivity contribution in [3.05, 3.63) is 23.8 Å². The predicted octanol–water partition coefficient (Wildman–Crippen LogP) is 2.29. The van der Waals surface area contributed by atoms with Crippen molar-refractivity contribution in [3.63, 3.8) is 0 Å². The topological polar surface area (TPSA) is 75.1 Å². The van der Waals surface area contributed by atoms with E-state index >= 15 is 0 Å². The second kappa shape index (κ2) is 9.93. The maximum absolute atomic E-state index is 10.2. The first-order chi connectivity index (χ1) is 11.1. The summed E-state index contributed by atoms with van der Waals surface area (Å²) in [4.78, 5) is 4.56. The number of rotatable bonds is 7. The van der Waals surface area contributed by atoms with Gasteiger partial charge in [0, 0.05) is 13.1 Å². The van der Waals surface area contributed by atoms with Gasteiger partial charge in [0.2, 0.25) is 0 Å². The van der Waals surface area contributed by atoms with E-state index in [1.54, 1.807) is 14.2 Å². The summed E-state index contributed by atoms with van der Waals surface area (Å²) in [5, 5.41) is 16.6. The first-order valence-corrected chi connectivity index (χ1v) is 8.05. The van der Waals surface area contributed by atoms with Crippen LogP contribution in [0.4, 0.5) is 0 Å². The lowest BCUT2D eigenvalue weighted by Gasteiger charge is -2.37. The molecule has 0 amide bonds. The SMILES string of the molecule is CCNC(=NCc1ccc(OC)c(OC)c1)NCC1(O)CCC1.I. The van der Waals surface area contributed by atoms with Crippen molar-refractivity contribution in [2.75, 3.05) is 27.3 Å². The van der Waals surface area contributed by atoms with Gasteiger partial charge >= 0.3 is 0 Å². The highest BCUT2D eigenvalue weighted by molar-refractivity contribution is 14.0. The van der Waals surface area contributed by atoms with Crippen LogP contribution >= 0.6 is 24.0 Å². The van der Waals surface area contributed by atoms with Crippen molar-refractivity contribution in [1.29, 1.82) is 0 Å². The Balaban J connectivity index is 0.00000288. The van der Waals surface area contributed by atoms with Crippen molar-refractivity contribution in [2.45, 2.75) is 38.3 Å². The largest absolute Gasteiger partial charge is 0.493 e. The standard InChI is InChI=1S/C17H27N3O3.HI/c1-4-18-16(20-12-17(21)8-5-9-17)19-11-13-6-7-14(22-2)15(10-13)23-3;/h6-7,10,21H,4-5,8-9,11-12H2,1-3H3,(H2,18,19,20);1H. The number of benzene rings is 1. The van der Waals surface area contributed by atoms with Gasteiger partial charge in [0.15, 0.2) is 17.5 Å². The first kappa shape index (κ1) is 20.8. The summed E-state index contributed by atoms with van der Waals surface area (Å²) < 4.78 is 10.5. The lowest BCUT2D eigenvalue weighted by molar-refractivity contribution is -0.0279. The summed E-state index contributed by atoms with van der Waals surface area (Å²) >= 11 is 0. The Hall–Kier alpha value is -1.22. The number of aliphatic imine (C=N–C) groups is 1. The third kappa shape index (κ3) is 5.70. The highest BCUT2D eigenvalue weighted by Crippen LogP contribution is 2.30. The Morgan fingerprint density at radius 1 is 1.21 bits per heavy atom. The molecule has 1 aromatic carbocycles. The molecule has 0 bridgehead atoms. The monoisotopic (exact) mass is 449 g/mol. The van der Waals surface area contributed by atoms with Crippen LogP contribution in [0.5, 0.6) is 11.5 Å². The minimum Gasteiger partial charge on any atom is -0.493 e. The van der Waals surface area contributed by atoms with Gasteiger partial charge < -0.3 is 25.2 Å². The van der Waals surface area contributed by atoms with E-state index in [0.717, 1.165) is 31.4 Å². The summed E-state index contributed by atoms with van der Waals surface area (Å²) in [6.45, 7) is 3.85. The Morgan fingerprint density at radius 2 is 1.92 bits per heavy atom. The molecule has 1 aromatic rings. The average Bonchev–Trinajstić information content (AvgIpc) is 2.55. The molecule has 3 N–H and O–H groups in total. The van der Waals surface area contributed by atoms with Crippen LogP contribution in [0.15, 0.2) is 23.2 Å². The van der Waals surface area contributed by atoms with Gasteiger partial charge in [-0.1, -0.05) is 6.07 Å². The first-order valence-electron chi connectivity index (χ1n) is 8.05. The van der Waals surface area contributed by atoms with Gasteiger partial charge in [-0.2, -0.15) is 0 Å². The second-order valence-electron chi connectivity index (χ2n) is 5.82. The molecule has 0 atom stereocenters. The molecule has 136 valence electrons. The molecule has 0 spiro atoms. The van der Waals surface area contributed by atoms with E-state index in [1.807, 2.05) is 25.1 Å². The molecule has 2 rings (SSSR count). The van der Waals surface area contributed by atoms with Crippen LogP contribution < -0.4 is 20.1 Å². The molecule has 0 unspecified atom stereocenters. The number of halogens is 1. The van der Waals surface area contributed by atoms with Crippen LogP contribution in [0, 0.1) is 0 Å². The Kier molecular flexibility index (Phi) is 8.61. The Bertz CT molecular complexity index is 548. The molecule has 24 heavy (non-hydrogen) atoms. The van der Waals surface area contributed by atoms with E-state index in [9.17, 15) is 5.11 Å². The molecule has 1 aliphatic carbocycles. The van der Waals surface area contributed by atoms with Crippen molar-refractivity contribution in [3.8, 4) is 11.5 Å². The molecule has 1 aliphatic rings. The number of ether oxygens (including phenoxy) is 2. The number of aliphatic hydroxyl groups is 1. The number of nitrogens with zero attached hydrogens (tertiary/aromatic N) is 1. The molecule has 0 heterocycles. The molecule has 6 nitrogen and oxygen atoms in total. The van der Waals surface area contributed by atoms with Crippen LogP contribution in [0.2, 0.25) is 0 Å². The normalized spacial score (nSPS) is 15.8. The van der Waals surface area contributed by atoms with Crippen LogP contribution in [0.3, 0.4) is 0 Å². The van der Waals surface area contributed by atoms with Crippen molar-refractivity contribution in [1.82, 2.24) is 10.6 Å². The minimum atomic E-state index is -0.570. The summed E-state index contributed by atoms with van der Waals surface area (Å²) in [6.07, 6.45) is 2.81. The predicted molar refractivity (Wildman–Crippen MR) is 107 cm³/mol. The lowest BCUT2D eigenvalue weighted by atomic mass is 9.80. The number of methoxy groups -OCH3 is 2. The molecule has 1 fully saturated rings. The fourth-order valence-corrected chi connectivity index (χ4v) is 2.50. The van der Waals surface area contributed by atoms with Gasteiger partial charge in [0.05, 0.1) is 26.4 Å². The molecule has 7 heteroatoms. The average molecular weight is 449 g/mol. The van der Waals surface area contributed by atoms with E-state index in [4.69, 9.17) is 9.47 Å². The van der Waals surface area contributed by atoms with Crippen LogP contribution in [-0.2, 0) is 6.54 Å². The van der Waals surface area contributed by atoms with Crippen LogP contribution in [-0.4, -0.2) is 44.0 Å². The molecular formula is C17H28IN3O3. The van der Waals surface area contributed by atoms with Gasteiger partial charge in [-0.05, 0) is 43.9 Å². The smallest absolute Gasteiger partial charge is 0.191 e. The highest BCUT2D eigenvalue weighted by atomic mass is 127. The summed E-state index contributed by atoms with van der Waals surface area (Å²) in [7, 11) is 3.24. The third-order valence-electron chi connectivity index (χ3n) is 4.08. The van der Waals surface area contributed by atoms with Gasteiger partial charge in [0.25, 0.3) is 0 Å². The zero-order valence-electron chi connectivity index (χ0n) is 14.6. The summed E-state index contributed by atoms with van der Waals surface area (Å²) in [6, 6.07) is 5.76. The van der Waals surface area contributed by atoms with E-state index in [-0.39, 0.29) is 24.0 Å². The van der Waals surface area contributed by atoms with Gasteiger partial charge in [0.1, 0.15) is 0 Å². The second-order valence-corrected chi connectivity index (χ2v) is 5.82. The molecule has 0 aromatic heterocycles. The molecular weight excluding hydrogens is 421 g/mol.